The van der Waals surface area contributed by atoms with Crippen LogP contribution in [-0.2, 0) is 9.53 Å². The minimum Gasteiger partial charge on any atom is -0.454 e. The number of nitrogens with one attached hydrogen (secondary N) is 1. The van der Waals surface area contributed by atoms with Crippen molar-refractivity contribution in [1.29, 1.82) is 0 Å². The molecule has 2 amide bonds. The van der Waals surface area contributed by atoms with Crippen molar-refractivity contribution in [2.45, 2.75) is 44.8 Å². The number of nitrogens with zero attached hydrogens (tertiary/aromatic N) is 1. The Balaban J connectivity index is 1.22. The number of carbonyl (C=O) groups excluding carboxylic acids is 3. The maximum Gasteiger partial charge on any atom is 0.411 e. The smallest absolute Gasteiger partial charge is 0.411 e. The lowest BCUT2D eigenvalue weighted by Crippen LogP contribution is -2.42. The molecule has 8 heteroatoms. The normalized spacial score (nSPS) is 15.8. The van der Waals surface area contributed by atoms with Gasteiger partial charge in [0.05, 0.1) is 5.69 Å². The van der Waals surface area contributed by atoms with E-state index in [2.05, 4.69) is 5.32 Å². The SMILES string of the molecule is CC(=O)Nc1cc2c(cc1C(=O)CCN(C(=O)OC1c3ccccc3-c3ccccc31)C1(C)CC1)OCO2. The van der Waals surface area contributed by atoms with Gasteiger partial charge in [0.1, 0.15) is 0 Å². The number of hydrogen-bond acceptors (Lipinski definition) is 6. The third kappa shape index (κ3) is 4.26. The van der Waals surface area contributed by atoms with Crippen molar-refractivity contribution < 1.29 is 28.6 Å². The highest BCUT2D eigenvalue weighted by atomic mass is 16.7. The predicted octanol–water partition coefficient (Wildman–Crippen LogP) is 5.71. The molecule has 3 aromatic rings. The topological polar surface area (TPSA) is 94.2 Å². The lowest BCUT2D eigenvalue weighted by atomic mass is 10.0. The largest absolute Gasteiger partial charge is 0.454 e. The number of fused-ring (bicyclic) bond motifs is 4. The minimum atomic E-state index is -0.504. The summed E-state index contributed by atoms with van der Waals surface area (Å²) >= 11 is 0. The summed E-state index contributed by atoms with van der Waals surface area (Å²) in [5, 5.41) is 2.70. The monoisotopic (exact) mass is 512 g/mol. The molecule has 3 aliphatic rings. The lowest BCUT2D eigenvalue weighted by Gasteiger charge is -2.30. The maximum atomic E-state index is 13.6. The molecule has 0 saturated heterocycles. The Morgan fingerprint density at radius 1 is 0.974 bits per heavy atom. The van der Waals surface area contributed by atoms with Gasteiger partial charge in [-0.05, 0) is 37.0 Å². The molecular formula is C30H28N2O6. The van der Waals surface area contributed by atoms with E-state index in [9.17, 15) is 14.4 Å². The highest BCUT2D eigenvalue weighted by Crippen LogP contribution is 2.47. The molecule has 38 heavy (non-hydrogen) atoms. The summed E-state index contributed by atoms with van der Waals surface area (Å²) in [7, 11) is 0. The van der Waals surface area contributed by atoms with Gasteiger partial charge in [-0.1, -0.05) is 48.5 Å². The molecule has 6 rings (SSSR count). The molecule has 1 aliphatic heterocycles. The van der Waals surface area contributed by atoms with Gasteiger partial charge in [0.2, 0.25) is 12.7 Å². The predicted molar refractivity (Wildman–Crippen MR) is 140 cm³/mol. The van der Waals surface area contributed by atoms with Crippen LogP contribution in [-0.4, -0.2) is 41.6 Å². The molecule has 0 unspecified atom stereocenters. The van der Waals surface area contributed by atoms with Crippen molar-refractivity contribution in [3.05, 3.63) is 77.4 Å². The first kappa shape index (κ1) is 24.0. The summed E-state index contributed by atoms with van der Waals surface area (Å²) in [6, 6.07) is 19.1. The molecule has 194 valence electrons. The second-order valence-electron chi connectivity index (χ2n) is 10.2. The molecule has 0 bridgehead atoms. The fourth-order valence-corrected chi connectivity index (χ4v) is 5.25. The minimum absolute atomic E-state index is 0.0535. The van der Waals surface area contributed by atoms with Crippen LogP contribution in [0.2, 0.25) is 0 Å². The van der Waals surface area contributed by atoms with E-state index >= 15 is 0 Å². The summed E-state index contributed by atoms with van der Waals surface area (Å²) in [4.78, 5) is 40.4. The van der Waals surface area contributed by atoms with Gasteiger partial charge in [0.25, 0.3) is 0 Å². The van der Waals surface area contributed by atoms with Gasteiger partial charge in [-0.25, -0.2) is 4.79 Å². The standard InChI is InChI=1S/C30H28N2O6/c1-18(33)31-24-16-27-26(36-17-37-27)15-23(24)25(34)11-14-32(30(2)12-13-30)29(35)38-28-21-9-5-3-7-19(21)20-8-4-6-10-22(20)28/h3-10,15-16,28H,11-14,17H2,1-2H3,(H,31,33). The third-order valence-corrected chi connectivity index (χ3v) is 7.53. The van der Waals surface area contributed by atoms with Crippen molar-refractivity contribution in [2.24, 2.45) is 0 Å². The van der Waals surface area contributed by atoms with E-state index < -0.39 is 12.2 Å². The first-order chi connectivity index (χ1) is 18.3. The summed E-state index contributed by atoms with van der Waals surface area (Å²) < 4.78 is 17.0. The third-order valence-electron chi connectivity index (χ3n) is 7.53. The molecule has 1 saturated carbocycles. The van der Waals surface area contributed by atoms with Crippen LogP contribution in [0.5, 0.6) is 11.5 Å². The van der Waals surface area contributed by atoms with Gasteiger partial charge in [-0.15, -0.1) is 0 Å². The van der Waals surface area contributed by atoms with E-state index in [1.807, 2.05) is 55.5 Å². The number of benzene rings is 3. The summed E-state index contributed by atoms with van der Waals surface area (Å²) in [6.45, 7) is 3.64. The average Bonchev–Trinajstić information content (AvgIpc) is 3.35. The number of hydrogen-bond donors (Lipinski definition) is 1. The van der Waals surface area contributed by atoms with Gasteiger partial charge in [-0.3, -0.25) is 9.59 Å². The summed E-state index contributed by atoms with van der Waals surface area (Å²) in [5.74, 6) is 0.404. The second-order valence-corrected chi connectivity index (χ2v) is 10.2. The number of anilines is 1. The number of ketones is 1. The first-order valence-corrected chi connectivity index (χ1v) is 12.7. The quantitative estimate of drug-likeness (QED) is 0.408. The van der Waals surface area contributed by atoms with Crippen LogP contribution in [0, 0.1) is 0 Å². The van der Waals surface area contributed by atoms with E-state index in [0.717, 1.165) is 35.1 Å². The van der Waals surface area contributed by atoms with Crippen LogP contribution in [0.3, 0.4) is 0 Å². The Kier molecular flexibility index (Phi) is 5.82. The molecule has 1 N–H and O–H groups in total. The van der Waals surface area contributed by atoms with Crippen molar-refractivity contribution >= 4 is 23.5 Å². The molecule has 0 atom stereocenters. The van der Waals surface area contributed by atoms with Gasteiger partial charge in [0, 0.05) is 48.2 Å². The zero-order valence-corrected chi connectivity index (χ0v) is 21.3. The van der Waals surface area contributed by atoms with Crippen molar-refractivity contribution in [3.63, 3.8) is 0 Å². The van der Waals surface area contributed by atoms with Crippen LogP contribution in [0.25, 0.3) is 11.1 Å². The van der Waals surface area contributed by atoms with Crippen LogP contribution in [0.15, 0.2) is 60.7 Å². The van der Waals surface area contributed by atoms with Gasteiger partial charge >= 0.3 is 6.09 Å². The number of amides is 2. The van der Waals surface area contributed by atoms with Crippen LogP contribution < -0.4 is 14.8 Å². The fourth-order valence-electron chi connectivity index (χ4n) is 5.25. The number of ether oxygens (including phenoxy) is 3. The molecule has 8 nitrogen and oxygen atoms in total. The van der Waals surface area contributed by atoms with Crippen LogP contribution >= 0.6 is 0 Å². The van der Waals surface area contributed by atoms with Gasteiger partial charge < -0.3 is 24.4 Å². The molecule has 0 radical (unpaired) electrons. The fraction of sp³-hybridized carbons (Fsp3) is 0.300. The van der Waals surface area contributed by atoms with Crippen molar-refractivity contribution in [2.75, 3.05) is 18.7 Å². The number of Topliss-reactive ketones (excluding diaryl/α,β-unsaturated/α-hetero) is 1. The number of rotatable bonds is 7. The molecular weight excluding hydrogens is 484 g/mol. The van der Waals surface area contributed by atoms with Crippen molar-refractivity contribution in [1.82, 2.24) is 4.90 Å². The van der Waals surface area contributed by atoms with E-state index in [1.165, 1.54) is 6.92 Å². The Morgan fingerprint density at radius 3 is 2.18 bits per heavy atom. The highest BCUT2D eigenvalue weighted by Gasteiger charge is 2.47. The summed E-state index contributed by atoms with van der Waals surface area (Å²) in [6.07, 6.45) is 0.803. The molecule has 1 fully saturated rings. The Morgan fingerprint density at radius 2 is 1.58 bits per heavy atom. The van der Waals surface area contributed by atoms with E-state index in [4.69, 9.17) is 14.2 Å². The maximum absolute atomic E-state index is 13.6. The number of carbonyl (C=O) groups is 3. The average molecular weight is 513 g/mol. The Hall–Kier alpha value is -4.33. The Labute approximate surface area is 220 Å². The van der Waals surface area contributed by atoms with E-state index in [1.54, 1.807) is 17.0 Å². The second kappa shape index (κ2) is 9.20. The zero-order valence-electron chi connectivity index (χ0n) is 21.3. The van der Waals surface area contributed by atoms with Gasteiger partial charge in [0.15, 0.2) is 23.4 Å². The Bertz CT molecular complexity index is 1420. The van der Waals surface area contributed by atoms with Crippen LogP contribution in [0.4, 0.5) is 10.5 Å². The van der Waals surface area contributed by atoms with Crippen molar-refractivity contribution in [3.8, 4) is 22.6 Å². The zero-order chi connectivity index (χ0) is 26.4. The molecule has 1 heterocycles. The molecule has 0 aromatic heterocycles. The molecule has 2 aliphatic carbocycles. The molecule has 0 spiro atoms. The summed E-state index contributed by atoms with van der Waals surface area (Å²) in [5.41, 5.74) is 4.36. The van der Waals surface area contributed by atoms with Gasteiger partial charge in [-0.2, -0.15) is 0 Å². The van der Waals surface area contributed by atoms with E-state index in [0.29, 0.717) is 22.7 Å². The highest BCUT2D eigenvalue weighted by molar-refractivity contribution is 6.05. The van der Waals surface area contributed by atoms with E-state index in [-0.39, 0.29) is 37.0 Å². The molecule has 3 aromatic carbocycles. The lowest BCUT2D eigenvalue weighted by molar-refractivity contribution is -0.114. The van der Waals surface area contributed by atoms with Crippen LogP contribution in [0.1, 0.15) is 60.7 Å². The first-order valence-electron chi connectivity index (χ1n) is 12.7.